The molecule has 0 unspecified atom stereocenters. The zero-order valence-electron chi connectivity index (χ0n) is 10.4. The van der Waals surface area contributed by atoms with Crippen molar-refractivity contribution in [3.05, 3.63) is 53.7 Å². The maximum absolute atomic E-state index is 12.1. The Balaban J connectivity index is 1.77. The summed E-state index contributed by atoms with van der Waals surface area (Å²) in [5, 5.41) is 0. The van der Waals surface area contributed by atoms with Crippen LogP contribution in [-0.4, -0.2) is 23.8 Å². The normalized spacial score (nSPS) is 22.3. The van der Waals surface area contributed by atoms with Crippen molar-refractivity contribution in [2.75, 3.05) is 13.1 Å². The fourth-order valence-electron chi connectivity index (χ4n) is 2.75. The number of fused-ring (bicyclic) bond motifs is 3. The van der Waals surface area contributed by atoms with E-state index in [-0.39, 0.29) is 5.92 Å². The predicted molar refractivity (Wildman–Crippen MR) is 72.9 cm³/mol. The minimum absolute atomic E-state index is 0.284. The fraction of sp³-hybridized carbons (Fsp3) is 0.312. The van der Waals surface area contributed by atoms with Crippen LogP contribution in [0, 0.1) is 5.92 Å². The summed E-state index contributed by atoms with van der Waals surface area (Å²) in [6.07, 6.45) is 8.09. The van der Waals surface area contributed by atoms with Gasteiger partial charge in [-0.15, -0.1) is 0 Å². The molecule has 0 amide bonds. The highest BCUT2D eigenvalue weighted by Gasteiger charge is 2.35. The highest BCUT2D eigenvalue weighted by Crippen LogP contribution is 2.31. The van der Waals surface area contributed by atoms with Gasteiger partial charge in [0.05, 0.1) is 5.70 Å². The van der Waals surface area contributed by atoms with Crippen LogP contribution in [0.1, 0.15) is 18.4 Å². The molecule has 0 spiro atoms. The molecule has 0 aromatic heterocycles. The first kappa shape index (κ1) is 11.3. The highest BCUT2D eigenvalue weighted by atomic mass is 16.1. The van der Waals surface area contributed by atoms with Gasteiger partial charge < -0.3 is 4.90 Å². The Kier molecular flexibility index (Phi) is 3.01. The lowest BCUT2D eigenvalue weighted by molar-refractivity contribution is -0.125. The van der Waals surface area contributed by atoms with Gasteiger partial charge in [0.2, 0.25) is 0 Å². The standard InChI is InChI=1S/C16H17NO/c18-16-14-9-11-17(12-10-14)15(16)8-4-7-13-5-2-1-3-6-13/h1-8,14H,9-12H2/b7-4+,15-8+. The predicted octanol–water partition coefficient (Wildman–Crippen LogP) is 2.88. The van der Waals surface area contributed by atoms with Crippen molar-refractivity contribution < 1.29 is 4.79 Å². The number of rotatable bonds is 2. The van der Waals surface area contributed by atoms with Crippen molar-refractivity contribution in [1.29, 1.82) is 0 Å². The molecule has 3 saturated heterocycles. The molecular weight excluding hydrogens is 222 g/mol. The molecule has 3 fully saturated rings. The summed E-state index contributed by atoms with van der Waals surface area (Å²) in [5.74, 6) is 0.622. The number of carbonyl (C=O) groups is 1. The first-order chi connectivity index (χ1) is 8.84. The first-order valence-corrected chi connectivity index (χ1v) is 6.57. The number of benzene rings is 1. The van der Waals surface area contributed by atoms with Crippen LogP contribution in [0.25, 0.3) is 6.08 Å². The van der Waals surface area contributed by atoms with E-state index in [2.05, 4.69) is 17.0 Å². The topological polar surface area (TPSA) is 20.3 Å². The monoisotopic (exact) mass is 239 g/mol. The highest BCUT2D eigenvalue weighted by molar-refractivity contribution is 5.98. The summed E-state index contributed by atoms with van der Waals surface area (Å²) in [6.45, 7) is 2.09. The molecule has 1 aromatic carbocycles. The van der Waals surface area contributed by atoms with Crippen LogP contribution >= 0.6 is 0 Å². The largest absolute Gasteiger partial charge is 0.369 e. The maximum Gasteiger partial charge on any atom is 0.182 e. The van der Waals surface area contributed by atoms with Crippen molar-refractivity contribution in [2.45, 2.75) is 12.8 Å². The van der Waals surface area contributed by atoms with Crippen LogP contribution in [0.3, 0.4) is 0 Å². The third-order valence-corrected chi connectivity index (χ3v) is 3.80. The molecule has 18 heavy (non-hydrogen) atoms. The van der Waals surface area contributed by atoms with Gasteiger partial charge in [0, 0.05) is 19.0 Å². The Bertz CT molecular complexity index is 493. The summed E-state index contributed by atoms with van der Waals surface area (Å²) in [7, 11) is 0. The first-order valence-electron chi connectivity index (χ1n) is 6.57. The summed E-state index contributed by atoms with van der Waals surface area (Å²) < 4.78 is 0. The summed E-state index contributed by atoms with van der Waals surface area (Å²) in [6, 6.07) is 10.2. The molecule has 3 aliphatic rings. The third kappa shape index (κ3) is 2.10. The van der Waals surface area contributed by atoms with Crippen molar-refractivity contribution in [1.82, 2.24) is 4.90 Å². The van der Waals surface area contributed by atoms with Crippen LogP contribution in [0.4, 0.5) is 0 Å². The summed E-state index contributed by atoms with van der Waals surface area (Å²) in [4.78, 5) is 14.3. The average molecular weight is 239 g/mol. The number of hydrogen-bond donors (Lipinski definition) is 0. The zero-order chi connectivity index (χ0) is 12.4. The van der Waals surface area contributed by atoms with Crippen LogP contribution in [0.5, 0.6) is 0 Å². The Hall–Kier alpha value is -1.83. The van der Waals surface area contributed by atoms with E-state index in [1.807, 2.05) is 36.4 Å². The molecule has 2 bridgehead atoms. The second-order valence-electron chi connectivity index (χ2n) is 4.95. The Morgan fingerprint density at radius 3 is 2.50 bits per heavy atom. The fourth-order valence-corrected chi connectivity index (χ4v) is 2.75. The summed E-state index contributed by atoms with van der Waals surface area (Å²) in [5.41, 5.74) is 2.07. The molecule has 2 heteroatoms. The van der Waals surface area contributed by atoms with E-state index < -0.39 is 0 Å². The van der Waals surface area contributed by atoms with Crippen LogP contribution in [0.15, 0.2) is 48.2 Å². The van der Waals surface area contributed by atoms with Crippen molar-refractivity contribution in [3.8, 4) is 0 Å². The Morgan fingerprint density at radius 1 is 1.11 bits per heavy atom. The van der Waals surface area contributed by atoms with Gasteiger partial charge in [0.25, 0.3) is 0 Å². The third-order valence-electron chi connectivity index (χ3n) is 3.80. The minimum atomic E-state index is 0.284. The van der Waals surface area contributed by atoms with Crippen molar-refractivity contribution in [3.63, 3.8) is 0 Å². The maximum atomic E-state index is 12.1. The number of ketones is 1. The minimum Gasteiger partial charge on any atom is -0.369 e. The molecule has 0 saturated carbocycles. The second kappa shape index (κ2) is 4.81. The van der Waals surface area contributed by atoms with E-state index >= 15 is 0 Å². The lowest BCUT2D eigenvalue weighted by Gasteiger charge is -2.40. The number of allylic oxidation sites excluding steroid dienone is 3. The van der Waals surface area contributed by atoms with Gasteiger partial charge >= 0.3 is 0 Å². The number of carbonyl (C=O) groups excluding carboxylic acids is 1. The molecule has 0 atom stereocenters. The van der Waals surface area contributed by atoms with E-state index in [1.165, 1.54) is 0 Å². The van der Waals surface area contributed by atoms with Crippen molar-refractivity contribution in [2.24, 2.45) is 5.92 Å². The molecule has 1 aromatic rings. The van der Waals surface area contributed by atoms with Gasteiger partial charge in [-0.25, -0.2) is 0 Å². The van der Waals surface area contributed by atoms with Gasteiger partial charge in [-0.05, 0) is 24.5 Å². The number of nitrogens with zero attached hydrogens (tertiary/aromatic N) is 1. The van der Waals surface area contributed by atoms with Crippen LogP contribution in [0.2, 0.25) is 0 Å². The van der Waals surface area contributed by atoms with Gasteiger partial charge in [-0.2, -0.15) is 0 Å². The molecule has 0 N–H and O–H groups in total. The van der Waals surface area contributed by atoms with Gasteiger partial charge in [0.15, 0.2) is 5.78 Å². The van der Waals surface area contributed by atoms with Gasteiger partial charge in [0.1, 0.15) is 0 Å². The van der Waals surface area contributed by atoms with Crippen LogP contribution in [-0.2, 0) is 4.79 Å². The van der Waals surface area contributed by atoms with Gasteiger partial charge in [-0.1, -0.05) is 42.5 Å². The van der Waals surface area contributed by atoms with E-state index in [0.717, 1.165) is 37.2 Å². The number of Topliss-reactive ketones (excluding diaryl/α,β-unsaturated/α-hetero) is 1. The smallest absolute Gasteiger partial charge is 0.182 e. The number of piperidine rings is 3. The summed E-state index contributed by atoms with van der Waals surface area (Å²) >= 11 is 0. The molecular formula is C16H17NO. The lowest BCUT2D eigenvalue weighted by atomic mass is 9.85. The molecule has 2 nitrogen and oxygen atoms in total. The van der Waals surface area contributed by atoms with E-state index in [0.29, 0.717) is 5.78 Å². The lowest BCUT2D eigenvalue weighted by Crippen LogP contribution is -2.45. The quantitative estimate of drug-likeness (QED) is 0.740. The van der Waals surface area contributed by atoms with E-state index in [1.54, 1.807) is 0 Å². The van der Waals surface area contributed by atoms with Crippen molar-refractivity contribution >= 4 is 11.9 Å². The van der Waals surface area contributed by atoms with E-state index in [4.69, 9.17) is 0 Å². The van der Waals surface area contributed by atoms with Crippen LogP contribution < -0.4 is 0 Å². The van der Waals surface area contributed by atoms with E-state index in [9.17, 15) is 4.79 Å². The molecule has 92 valence electrons. The molecule has 3 aliphatic heterocycles. The second-order valence-corrected chi connectivity index (χ2v) is 4.95. The Labute approximate surface area is 108 Å². The molecule has 4 rings (SSSR count). The molecule has 0 radical (unpaired) electrons. The SMILES string of the molecule is O=C1/C(=C\C=C\c2ccccc2)N2CCC1CC2. The number of hydrogen-bond acceptors (Lipinski definition) is 2. The molecule has 0 aliphatic carbocycles. The van der Waals surface area contributed by atoms with Gasteiger partial charge in [-0.3, -0.25) is 4.79 Å². The molecule has 3 heterocycles. The average Bonchev–Trinajstić information content (AvgIpc) is 2.44. The Morgan fingerprint density at radius 2 is 1.83 bits per heavy atom. The zero-order valence-corrected chi connectivity index (χ0v) is 10.4.